The molecule has 0 radical (unpaired) electrons. The molecule has 1 unspecified atom stereocenters. The normalized spacial score (nSPS) is 19.1. The van der Waals surface area contributed by atoms with E-state index in [0.717, 1.165) is 23.3 Å². The van der Waals surface area contributed by atoms with Gasteiger partial charge < -0.3 is 4.74 Å². The fourth-order valence-corrected chi connectivity index (χ4v) is 1.76. The smallest absolute Gasteiger partial charge is 0.235 e. The summed E-state index contributed by atoms with van der Waals surface area (Å²) in [6.45, 7) is 2.61. The van der Waals surface area contributed by atoms with Crippen LogP contribution in [0.4, 0.5) is 0 Å². The van der Waals surface area contributed by atoms with Gasteiger partial charge in [-0.25, -0.2) is 4.79 Å². The lowest BCUT2D eigenvalue weighted by molar-refractivity contribution is 0.267. The molecule has 0 saturated heterocycles. The molecule has 1 heterocycles. The van der Waals surface area contributed by atoms with E-state index in [-0.39, 0.29) is 6.04 Å². The average molecular weight is 189 g/mol. The molecule has 3 heteroatoms. The van der Waals surface area contributed by atoms with E-state index in [1.54, 1.807) is 6.08 Å². The third-order valence-electron chi connectivity index (χ3n) is 2.45. The van der Waals surface area contributed by atoms with Gasteiger partial charge in [-0.05, 0) is 12.5 Å². The Morgan fingerprint density at radius 2 is 2.43 bits per heavy atom. The molecule has 2 rings (SSSR count). The van der Waals surface area contributed by atoms with Gasteiger partial charge in [-0.3, -0.25) is 0 Å². The average Bonchev–Trinajstić information content (AvgIpc) is 2.20. The van der Waals surface area contributed by atoms with E-state index in [1.807, 2.05) is 25.1 Å². The number of benzene rings is 1. The number of hydrogen-bond donors (Lipinski definition) is 0. The Labute approximate surface area is 82.4 Å². The number of aryl methyl sites for hydroxylation is 1. The van der Waals surface area contributed by atoms with Crippen molar-refractivity contribution in [1.82, 2.24) is 0 Å². The van der Waals surface area contributed by atoms with Gasteiger partial charge in [0.2, 0.25) is 6.08 Å². The quantitative estimate of drug-likeness (QED) is 0.501. The molecule has 1 aromatic carbocycles. The number of nitrogens with zero attached hydrogens (tertiary/aromatic N) is 1. The summed E-state index contributed by atoms with van der Waals surface area (Å²) in [5, 5.41) is 0. The van der Waals surface area contributed by atoms with Crippen LogP contribution in [-0.2, 0) is 4.79 Å². The summed E-state index contributed by atoms with van der Waals surface area (Å²) in [5.41, 5.74) is 2.09. The highest BCUT2D eigenvalue weighted by Gasteiger charge is 2.21. The van der Waals surface area contributed by atoms with E-state index in [1.165, 1.54) is 0 Å². The molecule has 0 saturated carbocycles. The topological polar surface area (TPSA) is 38.7 Å². The standard InChI is InChI=1S/C11H11NO2/c1-8-3-2-4-9-10(12-7-13)5-6-14-11(8)9/h2-4,10H,5-6H2,1H3. The van der Waals surface area contributed by atoms with Gasteiger partial charge >= 0.3 is 0 Å². The first-order valence-electron chi connectivity index (χ1n) is 4.62. The third kappa shape index (κ3) is 1.42. The second-order valence-corrected chi connectivity index (χ2v) is 3.37. The van der Waals surface area contributed by atoms with E-state index in [2.05, 4.69) is 4.99 Å². The molecule has 1 aliphatic heterocycles. The molecule has 0 bridgehead atoms. The van der Waals surface area contributed by atoms with E-state index >= 15 is 0 Å². The predicted octanol–water partition coefficient (Wildman–Crippen LogP) is 2.15. The Hall–Kier alpha value is -1.60. The van der Waals surface area contributed by atoms with Gasteiger partial charge in [0.15, 0.2) is 0 Å². The maximum atomic E-state index is 10.2. The zero-order valence-electron chi connectivity index (χ0n) is 7.99. The van der Waals surface area contributed by atoms with Crippen LogP contribution in [-0.4, -0.2) is 12.7 Å². The zero-order valence-corrected chi connectivity index (χ0v) is 7.99. The Morgan fingerprint density at radius 3 is 3.21 bits per heavy atom. The minimum atomic E-state index is -0.0730. The van der Waals surface area contributed by atoms with Gasteiger partial charge in [-0.2, -0.15) is 4.99 Å². The maximum absolute atomic E-state index is 10.2. The van der Waals surface area contributed by atoms with Crippen molar-refractivity contribution in [1.29, 1.82) is 0 Å². The lowest BCUT2D eigenvalue weighted by atomic mass is 9.99. The van der Waals surface area contributed by atoms with Crippen LogP contribution in [0.2, 0.25) is 0 Å². The van der Waals surface area contributed by atoms with Crippen LogP contribution in [0.1, 0.15) is 23.6 Å². The number of fused-ring (bicyclic) bond motifs is 1. The highest BCUT2D eigenvalue weighted by molar-refractivity contribution is 5.45. The second-order valence-electron chi connectivity index (χ2n) is 3.37. The number of carbonyl (C=O) groups excluding carboxylic acids is 1. The van der Waals surface area contributed by atoms with Crippen LogP contribution in [0.3, 0.4) is 0 Å². The zero-order chi connectivity index (χ0) is 9.97. The van der Waals surface area contributed by atoms with Gasteiger partial charge in [0, 0.05) is 12.0 Å². The summed E-state index contributed by atoms with van der Waals surface area (Å²) in [5.74, 6) is 0.878. The maximum Gasteiger partial charge on any atom is 0.235 e. The highest BCUT2D eigenvalue weighted by Crippen LogP contribution is 2.36. The number of aliphatic imine (C=N–C) groups is 1. The minimum Gasteiger partial charge on any atom is -0.493 e. The van der Waals surface area contributed by atoms with Crippen molar-refractivity contribution in [3.8, 4) is 5.75 Å². The van der Waals surface area contributed by atoms with E-state index in [0.29, 0.717) is 6.61 Å². The van der Waals surface area contributed by atoms with Crippen LogP contribution < -0.4 is 4.74 Å². The van der Waals surface area contributed by atoms with Crippen LogP contribution in [0.15, 0.2) is 23.2 Å². The highest BCUT2D eigenvalue weighted by atomic mass is 16.5. The lowest BCUT2D eigenvalue weighted by Gasteiger charge is -2.23. The largest absolute Gasteiger partial charge is 0.493 e. The van der Waals surface area contributed by atoms with Gasteiger partial charge in [0.05, 0.1) is 12.6 Å². The Kier molecular flexibility index (Phi) is 2.33. The first-order valence-corrected chi connectivity index (χ1v) is 4.62. The van der Waals surface area contributed by atoms with Gasteiger partial charge in [0.25, 0.3) is 0 Å². The van der Waals surface area contributed by atoms with Crippen molar-refractivity contribution in [2.75, 3.05) is 6.61 Å². The number of isocyanates is 1. The van der Waals surface area contributed by atoms with Crippen molar-refractivity contribution in [2.24, 2.45) is 4.99 Å². The summed E-state index contributed by atoms with van der Waals surface area (Å²) in [4.78, 5) is 14.0. The predicted molar refractivity (Wildman–Crippen MR) is 52.2 cm³/mol. The molecule has 0 aromatic heterocycles. The Bertz CT molecular complexity index is 394. The molecule has 0 fully saturated rings. The number of ether oxygens (including phenoxy) is 1. The van der Waals surface area contributed by atoms with Gasteiger partial charge in [-0.1, -0.05) is 18.2 Å². The van der Waals surface area contributed by atoms with Crippen molar-refractivity contribution in [3.05, 3.63) is 29.3 Å². The van der Waals surface area contributed by atoms with Crippen molar-refractivity contribution < 1.29 is 9.53 Å². The van der Waals surface area contributed by atoms with E-state index in [4.69, 9.17) is 4.74 Å². The summed E-state index contributed by atoms with van der Waals surface area (Å²) in [7, 11) is 0. The van der Waals surface area contributed by atoms with E-state index in [9.17, 15) is 4.79 Å². The summed E-state index contributed by atoms with van der Waals surface area (Å²) in [6.07, 6.45) is 2.37. The summed E-state index contributed by atoms with van der Waals surface area (Å²) in [6, 6.07) is 5.82. The van der Waals surface area contributed by atoms with Crippen molar-refractivity contribution in [2.45, 2.75) is 19.4 Å². The van der Waals surface area contributed by atoms with Crippen molar-refractivity contribution >= 4 is 6.08 Å². The molecule has 0 aliphatic carbocycles. The molecule has 0 spiro atoms. The lowest BCUT2D eigenvalue weighted by Crippen LogP contribution is -2.13. The number of para-hydroxylation sites is 1. The fraction of sp³-hybridized carbons (Fsp3) is 0.364. The number of hydrogen-bond acceptors (Lipinski definition) is 3. The first kappa shape index (κ1) is 8.97. The minimum absolute atomic E-state index is 0.0730. The fourth-order valence-electron chi connectivity index (χ4n) is 1.76. The molecule has 1 atom stereocenters. The molecule has 0 N–H and O–H groups in total. The van der Waals surface area contributed by atoms with Crippen LogP contribution in [0.25, 0.3) is 0 Å². The molecular weight excluding hydrogens is 178 g/mol. The molecule has 1 aromatic rings. The molecule has 0 amide bonds. The van der Waals surface area contributed by atoms with Crippen molar-refractivity contribution in [3.63, 3.8) is 0 Å². The monoisotopic (exact) mass is 189 g/mol. The van der Waals surface area contributed by atoms with Crippen LogP contribution in [0, 0.1) is 6.92 Å². The van der Waals surface area contributed by atoms with Crippen LogP contribution in [0.5, 0.6) is 5.75 Å². The SMILES string of the molecule is Cc1cccc2c1OCCC2N=C=O. The Balaban J connectivity index is 2.49. The van der Waals surface area contributed by atoms with E-state index < -0.39 is 0 Å². The second kappa shape index (κ2) is 3.64. The molecule has 72 valence electrons. The summed E-state index contributed by atoms with van der Waals surface area (Å²) < 4.78 is 5.54. The third-order valence-corrected chi connectivity index (χ3v) is 2.45. The molecular formula is C11H11NO2. The molecule has 3 nitrogen and oxygen atoms in total. The Morgan fingerprint density at radius 1 is 1.57 bits per heavy atom. The first-order chi connectivity index (χ1) is 6.83. The van der Waals surface area contributed by atoms with Gasteiger partial charge in [0.1, 0.15) is 5.75 Å². The molecule has 1 aliphatic rings. The number of rotatable bonds is 1. The van der Waals surface area contributed by atoms with Gasteiger partial charge in [-0.15, -0.1) is 0 Å². The molecule has 14 heavy (non-hydrogen) atoms. The van der Waals surface area contributed by atoms with Crippen LogP contribution >= 0.6 is 0 Å². The summed E-state index contributed by atoms with van der Waals surface area (Å²) >= 11 is 0.